The highest BCUT2D eigenvalue weighted by Crippen LogP contribution is 2.31. The number of carbonyl (C=O) groups excluding carboxylic acids is 2. The summed E-state index contributed by atoms with van der Waals surface area (Å²) < 4.78 is 32.9. The minimum atomic E-state index is -3.84. The third-order valence-electron chi connectivity index (χ3n) is 5.04. The van der Waals surface area contributed by atoms with Crippen molar-refractivity contribution in [2.75, 3.05) is 19.7 Å². The van der Waals surface area contributed by atoms with E-state index in [0.29, 0.717) is 36.4 Å². The number of aryl methyl sites for hydroxylation is 3. The summed E-state index contributed by atoms with van der Waals surface area (Å²) >= 11 is 0. The van der Waals surface area contributed by atoms with Crippen LogP contribution in [0.15, 0.2) is 17.0 Å². The Kier molecular flexibility index (Phi) is 7.82. The standard InChI is InChI=1S/C21H32N2O5S/c1-14(2)8-9-22-19(24)13-28-21(25)18-7-6-10-23(18)29(26,27)20-16(4)11-15(3)12-17(20)5/h11-12,14,18H,6-10,13H2,1-5H3,(H,22,24). The molecule has 1 aromatic carbocycles. The molecule has 1 N–H and O–H groups in total. The predicted octanol–water partition coefficient (Wildman–Crippen LogP) is 2.47. The van der Waals surface area contributed by atoms with Crippen LogP contribution in [0.3, 0.4) is 0 Å². The van der Waals surface area contributed by atoms with Gasteiger partial charge in [-0.25, -0.2) is 8.42 Å². The van der Waals surface area contributed by atoms with E-state index in [9.17, 15) is 18.0 Å². The van der Waals surface area contributed by atoms with E-state index in [1.165, 1.54) is 4.31 Å². The summed E-state index contributed by atoms with van der Waals surface area (Å²) in [4.78, 5) is 24.6. The van der Waals surface area contributed by atoms with Crippen LogP contribution in [0.5, 0.6) is 0 Å². The molecule has 162 valence electrons. The van der Waals surface area contributed by atoms with Crippen LogP contribution in [0.4, 0.5) is 0 Å². The van der Waals surface area contributed by atoms with Crippen LogP contribution in [-0.2, 0) is 24.3 Å². The summed E-state index contributed by atoms with van der Waals surface area (Å²) in [6.07, 6.45) is 1.80. The maximum absolute atomic E-state index is 13.3. The Balaban J connectivity index is 2.07. The molecule has 7 nitrogen and oxygen atoms in total. The monoisotopic (exact) mass is 424 g/mol. The van der Waals surface area contributed by atoms with Crippen LogP contribution in [0.2, 0.25) is 0 Å². The lowest BCUT2D eigenvalue weighted by molar-refractivity contribution is -0.151. The van der Waals surface area contributed by atoms with E-state index in [-0.39, 0.29) is 17.3 Å². The van der Waals surface area contributed by atoms with Gasteiger partial charge >= 0.3 is 5.97 Å². The maximum atomic E-state index is 13.3. The maximum Gasteiger partial charge on any atom is 0.324 e. The largest absolute Gasteiger partial charge is 0.454 e. The number of amides is 1. The molecule has 1 fully saturated rings. The molecule has 1 heterocycles. The summed E-state index contributed by atoms with van der Waals surface area (Å²) in [5.74, 6) is -0.590. The minimum absolute atomic E-state index is 0.245. The van der Waals surface area contributed by atoms with Crippen molar-refractivity contribution in [3.63, 3.8) is 0 Å². The van der Waals surface area contributed by atoms with Crippen LogP contribution in [0, 0.1) is 26.7 Å². The smallest absolute Gasteiger partial charge is 0.324 e. The number of carbonyl (C=O) groups is 2. The summed E-state index contributed by atoms with van der Waals surface area (Å²) in [7, 11) is -3.84. The molecule has 0 radical (unpaired) electrons. The Hall–Kier alpha value is -1.93. The number of esters is 1. The summed E-state index contributed by atoms with van der Waals surface area (Å²) in [5.41, 5.74) is 2.30. The van der Waals surface area contributed by atoms with Gasteiger partial charge in [0, 0.05) is 13.1 Å². The first kappa shape index (κ1) is 23.3. The van der Waals surface area contributed by atoms with Crippen LogP contribution >= 0.6 is 0 Å². The molecule has 1 aromatic rings. The van der Waals surface area contributed by atoms with Crippen molar-refractivity contribution in [1.82, 2.24) is 9.62 Å². The van der Waals surface area contributed by atoms with Crippen LogP contribution in [0.1, 0.15) is 49.8 Å². The number of rotatable bonds is 8. The van der Waals surface area contributed by atoms with Crippen molar-refractivity contribution in [3.05, 3.63) is 28.8 Å². The number of nitrogens with one attached hydrogen (secondary N) is 1. The number of hydrogen-bond donors (Lipinski definition) is 1. The highest BCUT2D eigenvalue weighted by atomic mass is 32.2. The second kappa shape index (κ2) is 9.71. The van der Waals surface area contributed by atoms with Gasteiger partial charge in [0.25, 0.3) is 5.91 Å². The fourth-order valence-electron chi connectivity index (χ4n) is 3.74. The van der Waals surface area contributed by atoms with Gasteiger partial charge in [0.15, 0.2) is 6.61 Å². The SMILES string of the molecule is Cc1cc(C)c(S(=O)(=O)N2CCCC2C(=O)OCC(=O)NCCC(C)C)c(C)c1. The van der Waals surface area contributed by atoms with Gasteiger partial charge in [0.2, 0.25) is 10.0 Å². The van der Waals surface area contributed by atoms with Crippen molar-refractivity contribution in [2.24, 2.45) is 5.92 Å². The quantitative estimate of drug-likeness (QED) is 0.647. The van der Waals surface area contributed by atoms with Crippen molar-refractivity contribution < 1.29 is 22.7 Å². The molecule has 0 bridgehead atoms. The summed E-state index contributed by atoms with van der Waals surface area (Å²) in [6, 6.07) is 2.75. The second-order valence-corrected chi connectivity index (χ2v) is 9.97. The molecule has 1 amide bonds. The van der Waals surface area contributed by atoms with Crippen molar-refractivity contribution in [3.8, 4) is 0 Å². The Labute approximate surface area is 173 Å². The molecule has 1 saturated heterocycles. The molecule has 1 aliphatic rings. The van der Waals surface area contributed by atoms with Gasteiger partial charge in [0.05, 0.1) is 4.90 Å². The molecule has 29 heavy (non-hydrogen) atoms. The lowest BCUT2D eigenvalue weighted by Crippen LogP contribution is -2.42. The first-order valence-electron chi connectivity index (χ1n) is 10.1. The molecule has 1 unspecified atom stereocenters. The zero-order chi connectivity index (χ0) is 21.8. The zero-order valence-corrected chi connectivity index (χ0v) is 18.8. The molecular weight excluding hydrogens is 392 g/mol. The van der Waals surface area contributed by atoms with E-state index in [1.807, 2.05) is 19.1 Å². The average molecular weight is 425 g/mol. The normalized spacial score (nSPS) is 17.5. The van der Waals surface area contributed by atoms with E-state index >= 15 is 0 Å². The lowest BCUT2D eigenvalue weighted by Gasteiger charge is -2.24. The fraction of sp³-hybridized carbons (Fsp3) is 0.619. The minimum Gasteiger partial charge on any atom is -0.454 e. The van der Waals surface area contributed by atoms with Gasteiger partial charge in [-0.05, 0) is 57.1 Å². The van der Waals surface area contributed by atoms with Gasteiger partial charge in [0.1, 0.15) is 6.04 Å². The van der Waals surface area contributed by atoms with Crippen LogP contribution < -0.4 is 5.32 Å². The zero-order valence-electron chi connectivity index (χ0n) is 17.9. The van der Waals surface area contributed by atoms with E-state index in [4.69, 9.17) is 4.74 Å². The van der Waals surface area contributed by atoms with Gasteiger partial charge in [-0.1, -0.05) is 31.5 Å². The third kappa shape index (κ3) is 5.79. The highest BCUT2D eigenvalue weighted by molar-refractivity contribution is 7.89. The van der Waals surface area contributed by atoms with E-state index in [0.717, 1.165) is 12.0 Å². The molecule has 0 aliphatic carbocycles. The second-order valence-electron chi connectivity index (χ2n) is 8.14. The predicted molar refractivity (Wildman–Crippen MR) is 111 cm³/mol. The summed E-state index contributed by atoms with van der Waals surface area (Å²) in [5, 5.41) is 2.70. The topological polar surface area (TPSA) is 92.8 Å². The number of nitrogens with zero attached hydrogens (tertiary/aromatic N) is 1. The Morgan fingerprint density at radius 1 is 1.21 bits per heavy atom. The molecule has 0 saturated carbocycles. The first-order chi connectivity index (χ1) is 13.5. The highest BCUT2D eigenvalue weighted by Gasteiger charge is 2.41. The van der Waals surface area contributed by atoms with E-state index in [1.54, 1.807) is 13.8 Å². The molecule has 8 heteroatoms. The molecule has 0 aromatic heterocycles. The lowest BCUT2D eigenvalue weighted by atomic mass is 10.1. The fourth-order valence-corrected chi connectivity index (χ4v) is 5.80. The van der Waals surface area contributed by atoms with Gasteiger partial charge in [-0.2, -0.15) is 4.31 Å². The third-order valence-corrected chi connectivity index (χ3v) is 7.25. The van der Waals surface area contributed by atoms with Gasteiger partial charge in [-0.3, -0.25) is 9.59 Å². The average Bonchev–Trinajstić information content (AvgIpc) is 3.09. The van der Waals surface area contributed by atoms with Crippen molar-refractivity contribution in [2.45, 2.75) is 64.8 Å². The van der Waals surface area contributed by atoms with E-state index < -0.39 is 28.6 Å². The number of hydrogen-bond acceptors (Lipinski definition) is 5. The summed E-state index contributed by atoms with van der Waals surface area (Å²) in [6.45, 7) is 9.93. The Bertz CT molecular complexity index is 841. The first-order valence-corrected chi connectivity index (χ1v) is 11.5. The molecule has 0 spiro atoms. The van der Waals surface area contributed by atoms with Crippen molar-refractivity contribution >= 4 is 21.9 Å². The Morgan fingerprint density at radius 2 is 1.83 bits per heavy atom. The van der Waals surface area contributed by atoms with Crippen LogP contribution in [0.25, 0.3) is 0 Å². The van der Waals surface area contributed by atoms with Crippen molar-refractivity contribution in [1.29, 1.82) is 0 Å². The number of ether oxygens (including phenoxy) is 1. The number of sulfonamides is 1. The molecular formula is C21H32N2O5S. The van der Waals surface area contributed by atoms with Gasteiger partial charge < -0.3 is 10.1 Å². The molecule has 1 atom stereocenters. The molecule has 1 aliphatic heterocycles. The Morgan fingerprint density at radius 3 is 2.41 bits per heavy atom. The number of benzene rings is 1. The van der Waals surface area contributed by atoms with Gasteiger partial charge in [-0.15, -0.1) is 0 Å². The molecule has 2 rings (SSSR count). The van der Waals surface area contributed by atoms with Crippen LogP contribution in [-0.4, -0.2) is 50.3 Å². The van der Waals surface area contributed by atoms with E-state index in [2.05, 4.69) is 19.2 Å².